The molecule has 0 saturated heterocycles. The van der Waals surface area contributed by atoms with Crippen molar-refractivity contribution in [1.29, 1.82) is 5.41 Å². The molecule has 3 N–H and O–H groups in total. The lowest BCUT2D eigenvalue weighted by Crippen LogP contribution is -2.28. The first-order chi connectivity index (χ1) is 16.0. The molecule has 0 bridgehead atoms. The van der Waals surface area contributed by atoms with E-state index in [4.69, 9.17) is 20.6 Å². The molecule has 1 aromatic heterocycles. The zero-order valence-corrected chi connectivity index (χ0v) is 19.3. The van der Waals surface area contributed by atoms with E-state index in [2.05, 4.69) is 4.98 Å². The van der Waals surface area contributed by atoms with Gasteiger partial charge in [0.25, 0.3) is 0 Å². The van der Waals surface area contributed by atoms with Crippen molar-refractivity contribution in [2.75, 3.05) is 32.0 Å². The molecule has 0 unspecified atom stereocenters. The van der Waals surface area contributed by atoms with Gasteiger partial charge in [-0.1, -0.05) is 38.1 Å². The molecule has 7 nitrogen and oxygen atoms in total. The van der Waals surface area contributed by atoms with Crippen molar-refractivity contribution in [3.05, 3.63) is 77.5 Å². The van der Waals surface area contributed by atoms with Gasteiger partial charge in [-0.15, -0.1) is 0 Å². The predicted octanol–water partition coefficient (Wildman–Crippen LogP) is 4.58. The highest BCUT2D eigenvalue weighted by atomic mass is 16.6. The van der Waals surface area contributed by atoms with Gasteiger partial charge in [0.15, 0.2) is 0 Å². The second-order valence-electron chi connectivity index (χ2n) is 7.32. The number of pyridine rings is 1. The second-order valence-corrected chi connectivity index (χ2v) is 7.32. The van der Waals surface area contributed by atoms with E-state index in [0.29, 0.717) is 23.0 Å². The average Bonchev–Trinajstić information content (AvgIpc) is 3.38. The Labute approximate surface area is 194 Å². The monoisotopic (exact) mass is 446 g/mol. The van der Waals surface area contributed by atoms with Crippen molar-refractivity contribution in [2.45, 2.75) is 20.8 Å². The minimum absolute atomic E-state index is 0.121. The Morgan fingerprint density at radius 2 is 1.85 bits per heavy atom. The van der Waals surface area contributed by atoms with Crippen molar-refractivity contribution in [3.8, 4) is 5.75 Å². The van der Waals surface area contributed by atoms with Crippen LogP contribution in [-0.4, -0.2) is 48.0 Å². The van der Waals surface area contributed by atoms with Gasteiger partial charge in [-0.05, 0) is 48.2 Å². The number of nitrogen functional groups attached to an aromatic ring is 1. The summed E-state index contributed by atoms with van der Waals surface area (Å²) in [6.45, 7) is 7.67. The van der Waals surface area contributed by atoms with Crippen LogP contribution in [0.25, 0.3) is 10.8 Å². The van der Waals surface area contributed by atoms with Crippen molar-refractivity contribution in [1.82, 2.24) is 9.88 Å². The third-order valence-corrected chi connectivity index (χ3v) is 5.21. The number of aromatic nitrogens is 1. The first-order valence-corrected chi connectivity index (χ1v) is 11.1. The number of rotatable bonds is 6. The van der Waals surface area contributed by atoms with Gasteiger partial charge in [0.05, 0.1) is 5.56 Å². The zero-order chi connectivity index (χ0) is 23.8. The standard InChI is InChI=1S/C24H24N4O3.C2H6/c1-16-14-18(23(26)28-10-2-3-11-28)5-7-20(16)24(29)31-13-12-30-19-6-4-17-8-9-27-22(25)21(17)15-19;1-2/h2-9,14-15,26H,10-13H2,1H3,(H2,25,27);1-2H3. The SMILES string of the molecule is CC.Cc1cc(C(=N)N2CC=CC2)ccc1C(=O)OCCOc1ccc2ccnc(N)c2c1. The molecule has 2 aromatic carbocycles. The molecule has 0 amide bonds. The van der Waals surface area contributed by atoms with Crippen molar-refractivity contribution in [3.63, 3.8) is 0 Å². The highest BCUT2D eigenvalue weighted by Crippen LogP contribution is 2.24. The van der Waals surface area contributed by atoms with Gasteiger partial charge in [-0.25, -0.2) is 9.78 Å². The maximum Gasteiger partial charge on any atom is 0.338 e. The minimum atomic E-state index is -0.408. The van der Waals surface area contributed by atoms with E-state index >= 15 is 0 Å². The number of fused-ring (bicyclic) bond motifs is 1. The van der Waals surface area contributed by atoms with Crippen LogP contribution in [0.3, 0.4) is 0 Å². The van der Waals surface area contributed by atoms with Crippen LogP contribution in [0.2, 0.25) is 0 Å². The summed E-state index contributed by atoms with van der Waals surface area (Å²) in [6, 6.07) is 12.8. The summed E-state index contributed by atoms with van der Waals surface area (Å²) >= 11 is 0. The molecule has 172 valence electrons. The lowest BCUT2D eigenvalue weighted by molar-refractivity contribution is 0.0449. The summed E-state index contributed by atoms with van der Waals surface area (Å²) in [5.74, 6) is 1.13. The van der Waals surface area contributed by atoms with Crippen molar-refractivity contribution < 1.29 is 14.3 Å². The molecule has 0 fully saturated rings. The molecule has 0 aliphatic carbocycles. The van der Waals surface area contributed by atoms with E-state index in [0.717, 1.165) is 35.0 Å². The largest absolute Gasteiger partial charge is 0.490 e. The summed E-state index contributed by atoms with van der Waals surface area (Å²) in [4.78, 5) is 18.5. The molecular formula is C26H30N4O3. The zero-order valence-electron chi connectivity index (χ0n) is 19.3. The summed E-state index contributed by atoms with van der Waals surface area (Å²) in [7, 11) is 0. The van der Waals surface area contributed by atoms with E-state index in [1.165, 1.54) is 0 Å². The number of benzene rings is 2. The molecule has 0 radical (unpaired) electrons. The van der Waals surface area contributed by atoms with Gasteiger partial charge in [0, 0.05) is 30.2 Å². The molecule has 1 aliphatic heterocycles. The van der Waals surface area contributed by atoms with Gasteiger partial charge in [0.2, 0.25) is 0 Å². The van der Waals surface area contributed by atoms with Gasteiger partial charge >= 0.3 is 5.97 Å². The fourth-order valence-electron chi connectivity index (χ4n) is 3.51. The lowest BCUT2D eigenvalue weighted by Gasteiger charge is -2.19. The molecule has 0 atom stereocenters. The molecule has 2 heterocycles. The fraction of sp³-hybridized carbons (Fsp3) is 0.269. The lowest BCUT2D eigenvalue weighted by atomic mass is 10.0. The number of nitrogens with zero attached hydrogens (tertiary/aromatic N) is 2. The third-order valence-electron chi connectivity index (χ3n) is 5.21. The number of anilines is 1. The molecule has 4 rings (SSSR count). The predicted molar refractivity (Wildman–Crippen MR) is 132 cm³/mol. The van der Waals surface area contributed by atoms with E-state index < -0.39 is 5.97 Å². The number of esters is 1. The fourth-order valence-corrected chi connectivity index (χ4v) is 3.51. The van der Waals surface area contributed by atoms with Crippen LogP contribution >= 0.6 is 0 Å². The highest BCUT2D eigenvalue weighted by molar-refractivity contribution is 5.99. The Morgan fingerprint density at radius 3 is 2.58 bits per heavy atom. The van der Waals surface area contributed by atoms with E-state index in [9.17, 15) is 4.79 Å². The number of carbonyl (C=O) groups is 1. The average molecular weight is 447 g/mol. The van der Waals surface area contributed by atoms with Crippen LogP contribution in [0.1, 0.15) is 35.3 Å². The first-order valence-electron chi connectivity index (χ1n) is 11.1. The molecule has 33 heavy (non-hydrogen) atoms. The van der Waals surface area contributed by atoms with Crippen molar-refractivity contribution in [2.24, 2.45) is 0 Å². The molecule has 7 heteroatoms. The molecular weight excluding hydrogens is 416 g/mol. The molecule has 0 saturated carbocycles. The molecule has 0 spiro atoms. The van der Waals surface area contributed by atoms with Crippen LogP contribution in [0.4, 0.5) is 5.82 Å². The van der Waals surface area contributed by atoms with Crippen LogP contribution in [-0.2, 0) is 4.74 Å². The second kappa shape index (κ2) is 11.1. The van der Waals surface area contributed by atoms with Crippen LogP contribution < -0.4 is 10.5 Å². The van der Waals surface area contributed by atoms with Gasteiger partial charge in [0.1, 0.15) is 30.6 Å². The van der Waals surface area contributed by atoms with Gasteiger partial charge in [-0.2, -0.15) is 0 Å². The topological polar surface area (TPSA) is 102 Å². The Hall–Kier alpha value is -3.87. The van der Waals surface area contributed by atoms with Crippen LogP contribution in [0.15, 0.2) is 60.8 Å². The Kier molecular flexibility index (Phi) is 8.02. The number of nitrogens with one attached hydrogen (secondary N) is 1. The van der Waals surface area contributed by atoms with E-state index in [1.807, 2.05) is 68.2 Å². The van der Waals surface area contributed by atoms with Gasteiger partial charge < -0.3 is 20.1 Å². The quantitative estimate of drug-likeness (QED) is 0.189. The minimum Gasteiger partial charge on any atom is -0.490 e. The number of carbonyl (C=O) groups excluding carboxylic acids is 1. The number of hydrogen-bond donors (Lipinski definition) is 2. The number of nitrogens with two attached hydrogens (primary N) is 1. The normalized spacial score (nSPS) is 12.3. The summed E-state index contributed by atoms with van der Waals surface area (Å²) in [5, 5.41) is 10.1. The summed E-state index contributed by atoms with van der Waals surface area (Å²) in [6.07, 6.45) is 5.75. The van der Waals surface area contributed by atoms with E-state index in [1.54, 1.807) is 18.3 Å². The smallest absolute Gasteiger partial charge is 0.338 e. The first kappa shape index (κ1) is 23.8. The number of aryl methyl sites for hydroxylation is 1. The molecule has 1 aliphatic rings. The Balaban J connectivity index is 0.00000149. The summed E-state index contributed by atoms with van der Waals surface area (Å²) in [5.41, 5.74) is 7.95. The molecule has 3 aromatic rings. The van der Waals surface area contributed by atoms with E-state index in [-0.39, 0.29) is 13.2 Å². The Morgan fingerprint density at radius 1 is 1.09 bits per heavy atom. The number of ether oxygens (including phenoxy) is 2. The number of hydrogen-bond acceptors (Lipinski definition) is 6. The van der Waals surface area contributed by atoms with Gasteiger partial charge in [-0.3, -0.25) is 5.41 Å². The van der Waals surface area contributed by atoms with Crippen molar-refractivity contribution >= 4 is 28.4 Å². The highest BCUT2D eigenvalue weighted by Gasteiger charge is 2.16. The maximum atomic E-state index is 12.5. The van der Waals surface area contributed by atoms with Crippen LogP contribution in [0, 0.1) is 12.3 Å². The Bertz CT molecular complexity index is 1170. The number of amidine groups is 1. The maximum absolute atomic E-state index is 12.5. The summed E-state index contributed by atoms with van der Waals surface area (Å²) < 4.78 is 11.1. The van der Waals surface area contributed by atoms with Crippen LogP contribution in [0.5, 0.6) is 5.75 Å². The third kappa shape index (κ3) is 5.68.